The Kier molecular flexibility index (Phi) is 4.22. The highest BCUT2D eigenvalue weighted by molar-refractivity contribution is 5.94. The van der Waals surface area contributed by atoms with Gasteiger partial charge in [-0.25, -0.2) is 0 Å². The van der Waals surface area contributed by atoms with E-state index in [9.17, 15) is 18.0 Å². The quantitative estimate of drug-likeness (QED) is 0.792. The van der Waals surface area contributed by atoms with Crippen molar-refractivity contribution < 1.29 is 18.0 Å². The Balaban J connectivity index is 1.89. The van der Waals surface area contributed by atoms with E-state index in [4.69, 9.17) is 0 Å². The van der Waals surface area contributed by atoms with Crippen LogP contribution in [0.3, 0.4) is 0 Å². The van der Waals surface area contributed by atoms with Crippen LogP contribution in [0.5, 0.6) is 0 Å². The standard InChI is InChI=1S/C18H17F3N2O/c1-22-9-10-23(12-14-5-2-3-8-16(14)22)17(24)13-6-4-7-15(11-13)18(19,20)21/h2-8,11H,9-10,12H2,1H3. The zero-order chi connectivity index (χ0) is 17.3. The Bertz CT molecular complexity index is 758. The third-order valence-corrected chi connectivity index (χ3v) is 4.19. The van der Waals surface area contributed by atoms with Crippen molar-refractivity contribution >= 4 is 11.6 Å². The van der Waals surface area contributed by atoms with Crippen molar-refractivity contribution in [2.45, 2.75) is 12.7 Å². The summed E-state index contributed by atoms with van der Waals surface area (Å²) in [5.74, 6) is -0.383. The highest BCUT2D eigenvalue weighted by Gasteiger charge is 2.31. The number of halogens is 3. The first-order chi connectivity index (χ1) is 11.4. The Morgan fingerprint density at radius 3 is 2.54 bits per heavy atom. The molecule has 1 aliphatic heterocycles. The Hall–Kier alpha value is -2.50. The minimum atomic E-state index is -4.46. The number of fused-ring (bicyclic) bond motifs is 1. The minimum absolute atomic E-state index is 0.0619. The molecule has 1 amide bonds. The molecule has 0 aliphatic carbocycles. The van der Waals surface area contributed by atoms with Gasteiger partial charge in [0.05, 0.1) is 5.56 Å². The van der Waals surface area contributed by atoms with Crippen LogP contribution in [0.4, 0.5) is 18.9 Å². The van der Waals surface area contributed by atoms with Crippen molar-refractivity contribution in [1.29, 1.82) is 0 Å². The van der Waals surface area contributed by atoms with Crippen LogP contribution < -0.4 is 4.90 Å². The number of carbonyl (C=O) groups excluding carboxylic acids is 1. The largest absolute Gasteiger partial charge is 0.416 e. The van der Waals surface area contributed by atoms with E-state index in [0.717, 1.165) is 23.4 Å². The molecule has 0 saturated heterocycles. The number of hydrogen-bond acceptors (Lipinski definition) is 2. The molecule has 0 aromatic heterocycles. The summed E-state index contributed by atoms with van der Waals surface area (Å²) in [6.07, 6.45) is -4.46. The van der Waals surface area contributed by atoms with Crippen LogP contribution in [0, 0.1) is 0 Å². The van der Waals surface area contributed by atoms with Crippen LogP contribution in [0.1, 0.15) is 21.5 Å². The predicted molar refractivity (Wildman–Crippen MR) is 85.9 cm³/mol. The van der Waals surface area contributed by atoms with Gasteiger partial charge in [0.1, 0.15) is 0 Å². The maximum absolute atomic E-state index is 12.9. The number of anilines is 1. The summed E-state index contributed by atoms with van der Waals surface area (Å²) in [6.45, 7) is 1.47. The molecule has 0 N–H and O–H groups in total. The molecule has 3 rings (SSSR count). The molecule has 3 nitrogen and oxygen atoms in total. The average molecular weight is 334 g/mol. The van der Waals surface area contributed by atoms with E-state index in [2.05, 4.69) is 4.90 Å². The van der Waals surface area contributed by atoms with Crippen molar-refractivity contribution in [2.75, 3.05) is 25.0 Å². The number of nitrogens with zero attached hydrogens (tertiary/aromatic N) is 2. The van der Waals surface area contributed by atoms with Gasteiger partial charge in [0, 0.05) is 37.9 Å². The van der Waals surface area contributed by atoms with Gasteiger partial charge in [-0.3, -0.25) is 4.79 Å². The molecule has 1 aliphatic rings. The monoisotopic (exact) mass is 334 g/mol. The second-order valence-electron chi connectivity index (χ2n) is 5.86. The van der Waals surface area contributed by atoms with Crippen LogP contribution in [-0.4, -0.2) is 30.9 Å². The van der Waals surface area contributed by atoms with Crippen molar-refractivity contribution in [3.63, 3.8) is 0 Å². The summed E-state index contributed by atoms with van der Waals surface area (Å²) in [5.41, 5.74) is 1.28. The summed E-state index contributed by atoms with van der Waals surface area (Å²) in [6, 6.07) is 12.3. The van der Waals surface area contributed by atoms with E-state index in [0.29, 0.717) is 19.6 Å². The van der Waals surface area contributed by atoms with E-state index in [-0.39, 0.29) is 11.5 Å². The molecule has 0 unspecified atom stereocenters. The lowest BCUT2D eigenvalue weighted by atomic mass is 10.1. The number of hydrogen-bond donors (Lipinski definition) is 0. The van der Waals surface area contributed by atoms with E-state index in [1.807, 2.05) is 31.3 Å². The fourth-order valence-electron chi connectivity index (χ4n) is 2.88. The van der Waals surface area contributed by atoms with Gasteiger partial charge in [-0.2, -0.15) is 13.2 Å². The molecule has 6 heteroatoms. The molecule has 0 atom stereocenters. The van der Waals surface area contributed by atoms with Gasteiger partial charge in [-0.1, -0.05) is 24.3 Å². The molecule has 24 heavy (non-hydrogen) atoms. The molecule has 2 aromatic carbocycles. The SMILES string of the molecule is CN1CCN(C(=O)c2cccc(C(F)(F)F)c2)Cc2ccccc21. The number of para-hydroxylation sites is 1. The lowest BCUT2D eigenvalue weighted by molar-refractivity contribution is -0.137. The molecule has 0 fully saturated rings. The number of likely N-dealkylation sites (N-methyl/N-ethyl adjacent to an activating group) is 1. The van der Waals surface area contributed by atoms with Gasteiger partial charge >= 0.3 is 6.18 Å². The topological polar surface area (TPSA) is 23.6 Å². The molecule has 0 spiro atoms. The van der Waals surface area contributed by atoms with Crippen molar-refractivity contribution in [1.82, 2.24) is 4.90 Å². The summed E-state index contributed by atoms with van der Waals surface area (Å²) < 4.78 is 38.6. The average Bonchev–Trinajstić information content (AvgIpc) is 2.73. The number of rotatable bonds is 1. The van der Waals surface area contributed by atoms with E-state index < -0.39 is 11.7 Å². The summed E-state index contributed by atoms with van der Waals surface area (Å²) in [4.78, 5) is 16.3. The number of carbonyl (C=O) groups is 1. The van der Waals surface area contributed by atoms with Gasteiger partial charge < -0.3 is 9.80 Å². The lowest BCUT2D eigenvalue weighted by Gasteiger charge is -2.21. The second kappa shape index (κ2) is 6.19. The Labute approximate surface area is 138 Å². The maximum Gasteiger partial charge on any atom is 0.416 e. The van der Waals surface area contributed by atoms with E-state index >= 15 is 0 Å². The lowest BCUT2D eigenvalue weighted by Crippen LogP contribution is -2.34. The van der Waals surface area contributed by atoms with Crippen LogP contribution in [0.25, 0.3) is 0 Å². The summed E-state index contributed by atoms with van der Waals surface area (Å²) in [7, 11) is 1.94. The number of amides is 1. The highest BCUT2D eigenvalue weighted by Crippen LogP contribution is 2.30. The molecule has 0 saturated carbocycles. The fourth-order valence-corrected chi connectivity index (χ4v) is 2.88. The van der Waals surface area contributed by atoms with Gasteiger partial charge in [-0.05, 0) is 29.8 Å². The van der Waals surface area contributed by atoms with Crippen molar-refractivity contribution in [3.8, 4) is 0 Å². The highest BCUT2D eigenvalue weighted by atomic mass is 19.4. The molecular weight excluding hydrogens is 317 g/mol. The Morgan fingerprint density at radius 2 is 1.79 bits per heavy atom. The minimum Gasteiger partial charge on any atom is -0.373 e. The smallest absolute Gasteiger partial charge is 0.373 e. The first-order valence-corrected chi connectivity index (χ1v) is 7.62. The predicted octanol–water partition coefficient (Wildman–Crippen LogP) is 3.80. The zero-order valence-corrected chi connectivity index (χ0v) is 13.2. The maximum atomic E-state index is 12.9. The van der Waals surface area contributed by atoms with Gasteiger partial charge in [0.15, 0.2) is 0 Å². The third kappa shape index (κ3) is 3.22. The molecule has 1 heterocycles. The first-order valence-electron chi connectivity index (χ1n) is 7.62. The van der Waals surface area contributed by atoms with E-state index in [1.54, 1.807) is 4.90 Å². The zero-order valence-electron chi connectivity index (χ0n) is 13.2. The van der Waals surface area contributed by atoms with Crippen LogP contribution >= 0.6 is 0 Å². The summed E-state index contributed by atoms with van der Waals surface area (Å²) in [5, 5.41) is 0. The van der Waals surface area contributed by atoms with Crippen molar-refractivity contribution in [3.05, 3.63) is 65.2 Å². The van der Waals surface area contributed by atoms with Crippen LogP contribution in [0.15, 0.2) is 48.5 Å². The van der Waals surface area contributed by atoms with Gasteiger partial charge in [0.25, 0.3) is 5.91 Å². The molecule has 0 bridgehead atoms. The molecule has 0 radical (unpaired) electrons. The molecule has 126 valence electrons. The summed E-state index contributed by atoms with van der Waals surface area (Å²) >= 11 is 0. The Morgan fingerprint density at radius 1 is 1.04 bits per heavy atom. The van der Waals surface area contributed by atoms with Gasteiger partial charge in [-0.15, -0.1) is 0 Å². The fraction of sp³-hybridized carbons (Fsp3) is 0.278. The van der Waals surface area contributed by atoms with Crippen LogP contribution in [0.2, 0.25) is 0 Å². The molecule has 2 aromatic rings. The van der Waals surface area contributed by atoms with Crippen molar-refractivity contribution in [2.24, 2.45) is 0 Å². The third-order valence-electron chi connectivity index (χ3n) is 4.19. The van der Waals surface area contributed by atoms with E-state index in [1.165, 1.54) is 12.1 Å². The normalized spacial score (nSPS) is 15.0. The van der Waals surface area contributed by atoms with Crippen LogP contribution in [-0.2, 0) is 12.7 Å². The second-order valence-corrected chi connectivity index (χ2v) is 5.86. The first kappa shape index (κ1) is 16.4. The number of alkyl halides is 3. The van der Waals surface area contributed by atoms with Gasteiger partial charge in [0.2, 0.25) is 0 Å². The number of benzene rings is 2. The molecular formula is C18H17F3N2O.